The molecule has 106 valence electrons. The molecule has 0 aromatic carbocycles. The van der Waals surface area contributed by atoms with Crippen molar-refractivity contribution < 1.29 is 9.90 Å². The van der Waals surface area contributed by atoms with E-state index >= 15 is 0 Å². The maximum absolute atomic E-state index is 12.2. The van der Waals surface area contributed by atoms with Crippen LogP contribution >= 0.6 is 0 Å². The zero-order valence-corrected chi connectivity index (χ0v) is 12.0. The first-order chi connectivity index (χ1) is 8.67. The molecular weight excluding hydrogens is 226 g/mol. The van der Waals surface area contributed by atoms with Gasteiger partial charge in [-0.3, -0.25) is 4.79 Å². The van der Waals surface area contributed by atoms with Crippen LogP contribution in [0.4, 0.5) is 0 Å². The molecule has 1 saturated carbocycles. The van der Waals surface area contributed by atoms with E-state index in [1.807, 2.05) is 0 Å². The lowest BCUT2D eigenvalue weighted by atomic mass is 9.83. The Bertz CT molecular complexity index is 233. The molecule has 0 saturated heterocycles. The Morgan fingerprint density at radius 3 is 2.17 bits per heavy atom. The van der Waals surface area contributed by atoms with Crippen molar-refractivity contribution in [2.45, 2.75) is 65.2 Å². The van der Waals surface area contributed by atoms with Crippen LogP contribution in [0.25, 0.3) is 0 Å². The summed E-state index contributed by atoms with van der Waals surface area (Å²) < 4.78 is 0. The zero-order valence-electron chi connectivity index (χ0n) is 12.0. The summed E-state index contributed by atoms with van der Waals surface area (Å²) in [5.41, 5.74) is -0.125. The number of nitrogens with one attached hydrogen (secondary N) is 1. The zero-order chi connectivity index (χ0) is 13.4. The summed E-state index contributed by atoms with van der Waals surface area (Å²) in [5.74, 6) is 0.411. The second-order valence-corrected chi connectivity index (χ2v) is 5.77. The standard InChI is InChI=1S/C15H29NO2/c1-3-15(4-2,12-17)11-16-14(18)13-9-7-5-6-8-10-13/h13,17H,3-12H2,1-2H3,(H,16,18). The van der Waals surface area contributed by atoms with Gasteiger partial charge in [0.25, 0.3) is 0 Å². The van der Waals surface area contributed by atoms with Crippen molar-refractivity contribution in [2.75, 3.05) is 13.2 Å². The number of carbonyl (C=O) groups excluding carboxylic acids is 1. The maximum atomic E-state index is 12.2. The number of aliphatic hydroxyl groups excluding tert-OH is 1. The Kier molecular flexibility index (Phi) is 6.69. The summed E-state index contributed by atoms with van der Waals surface area (Å²) in [6, 6.07) is 0. The van der Waals surface area contributed by atoms with Gasteiger partial charge in [-0.05, 0) is 25.7 Å². The molecule has 2 N–H and O–H groups in total. The van der Waals surface area contributed by atoms with Crippen LogP contribution in [0.5, 0.6) is 0 Å². The number of rotatable bonds is 6. The lowest BCUT2D eigenvalue weighted by Crippen LogP contribution is -2.41. The molecule has 0 heterocycles. The molecule has 1 aliphatic carbocycles. The quantitative estimate of drug-likeness (QED) is 0.717. The fraction of sp³-hybridized carbons (Fsp3) is 0.933. The van der Waals surface area contributed by atoms with E-state index in [1.165, 1.54) is 25.7 Å². The highest BCUT2D eigenvalue weighted by molar-refractivity contribution is 5.78. The van der Waals surface area contributed by atoms with Crippen molar-refractivity contribution in [1.29, 1.82) is 0 Å². The van der Waals surface area contributed by atoms with E-state index in [0.29, 0.717) is 6.54 Å². The molecule has 0 aromatic rings. The van der Waals surface area contributed by atoms with Crippen molar-refractivity contribution in [2.24, 2.45) is 11.3 Å². The lowest BCUT2D eigenvalue weighted by molar-refractivity contribution is -0.126. The molecule has 0 aliphatic heterocycles. The lowest BCUT2D eigenvalue weighted by Gasteiger charge is -2.30. The summed E-state index contributed by atoms with van der Waals surface area (Å²) in [6.45, 7) is 4.94. The average molecular weight is 255 g/mol. The number of aliphatic hydroxyl groups is 1. The Balaban J connectivity index is 2.43. The molecule has 1 fully saturated rings. The topological polar surface area (TPSA) is 49.3 Å². The smallest absolute Gasteiger partial charge is 0.223 e. The van der Waals surface area contributed by atoms with Gasteiger partial charge in [0, 0.05) is 17.9 Å². The first-order valence-electron chi connectivity index (χ1n) is 7.56. The number of carbonyl (C=O) groups is 1. The van der Waals surface area contributed by atoms with Gasteiger partial charge in [0.05, 0.1) is 6.61 Å². The minimum Gasteiger partial charge on any atom is -0.396 e. The van der Waals surface area contributed by atoms with E-state index in [9.17, 15) is 9.90 Å². The second kappa shape index (κ2) is 7.78. The number of amides is 1. The predicted octanol–water partition coefficient (Wildman–Crippen LogP) is 2.87. The Morgan fingerprint density at radius 1 is 1.17 bits per heavy atom. The third-order valence-corrected chi connectivity index (χ3v) is 4.70. The monoisotopic (exact) mass is 255 g/mol. The third kappa shape index (κ3) is 4.27. The van der Waals surface area contributed by atoms with Gasteiger partial charge in [0.1, 0.15) is 0 Å². The largest absolute Gasteiger partial charge is 0.396 e. The molecule has 0 aromatic heterocycles. The molecule has 18 heavy (non-hydrogen) atoms. The van der Waals surface area contributed by atoms with Crippen molar-refractivity contribution in [3.05, 3.63) is 0 Å². The minimum absolute atomic E-state index is 0.125. The molecule has 0 unspecified atom stereocenters. The van der Waals surface area contributed by atoms with Gasteiger partial charge in [-0.25, -0.2) is 0 Å². The molecule has 1 amide bonds. The van der Waals surface area contributed by atoms with Crippen LogP contribution in [0.1, 0.15) is 65.2 Å². The Hall–Kier alpha value is -0.570. The van der Waals surface area contributed by atoms with E-state index < -0.39 is 0 Å². The molecule has 0 atom stereocenters. The highest BCUT2D eigenvalue weighted by Crippen LogP contribution is 2.26. The van der Waals surface area contributed by atoms with Gasteiger partial charge in [0.15, 0.2) is 0 Å². The van der Waals surface area contributed by atoms with Crippen LogP contribution in [0.2, 0.25) is 0 Å². The van der Waals surface area contributed by atoms with Crippen molar-refractivity contribution in [3.63, 3.8) is 0 Å². The van der Waals surface area contributed by atoms with Gasteiger partial charge in [-0.1, -0.05) is 39.5 Å². The van der Waals surface area contributed by atoms with Gasteiger partial charge in [0.2, 0.25) is 5.91 Å². The molecule has 0 radical (unpaired) electrons. The Labute approximate surface area is 111 Å². The average Bonchev–Trinajstić information content (AvgIpc) is 2.69. The van der Waals surface area contributed by atoms with Crippen molar-refractivity contribution in [3.8, 4) is 0 Å². The van der Waals surface area contributed by atoms with Crippen LogP contribution in [0.3, 0.4) is 0 Å². The molecular formula is C15H29NO2. The fourth-order valence-corrected chi connectivity index (χ4v) is 2.74. The highest BCUT2D eigenvalue weighted by atomic mass is 16.3. The maximum Gasteiger partial charge on any atom is 0.223 e. The first-order valence-corrected chi connectivity index (χ1v) is 7.56. The highest BCUT2D eigenvalue weighted by Gasteiger charge is 2.27. The minimum atomic E-state index is -0.125. The fourth-order valence-electron chi connectivity index (χ4n) is 2.74. The Morgan fingerprint density at radius 2 is 1.72 bits per heavy atom. The van der Waals surface area contributed by atoms with Crippen LogP contribution in [-0.4, -0.2) is 24.2 Å². The van der Waals surface area contributed by atoms with E-state index in [0.717, 1.165) is 25.7 Å². The van der Waals surface area contributed by atoms with Crippen LogP contribution in [0.15, 0.2) is 0 Å². The van der Waals surface area contributed by atoms with Crippen LogP contribution in [-0.2, 0) is 4.79 Å². The molecule has 3 heteroatoms. The molecule has 1 rings (SSSR count). The van der Waals surface area contributed by atoms with Crippen LogP contribution < -0.4 is 5.32 Å². The van der Waals surface area contributed by atoms with Gasteiger partial charge in [-0.15, -0.1) is 0 Å². The van der Waals surface area contributed by atoms with Gasteiger partial charge >= 0.3 is 0 Å². The molecule has 1 aliphatic rings. The summed E-state index contributed by atoms with van der Waals surface area (Å²) in [7, 11) is 0. The second-order valence-electron chi connectivity index (χ2n) is 5.77. The first kappa shape index (κ1) is 15.5. The van der Waals surface area contributed by atoms with E-state index in [4.69, 9.17) is 0 Å². The van der Waals surface area contributed by atoms with E-state index in [1.54, 1.807) is 0 Å². The number of hydrogen-bond acceptors (Lipinski definition) is 2. The van der Waals surface area contributed by atoms with Crippen LogP contribution in [0, 0.1) is 11.3 Å². The van der Waals surface area contributed by atoms with Crippen molar-refractivity contribution in [1.82, 2.24) is 5.32 Å². The van der Waals surface area contributed by atoms with E-state index in [-0.39, 0.29) is 23.8 Å². The normalized spacial score (nSPS) is 18.4. The summed E-state index contributed by atoms with van der Waals surface area (Å²) >= 11 is 0. The summed E-state index contributed by atoms with van der Waals surface area (Å²) in [4.78, 5) is 12.2. The predicted molar refractivity (Wildman–Crippen MR) is 74.3 cm³/mol. The SMILES string of the molecule is CCC(CC)(CO)CNC(=O)C1CCCCCC1. The van der Waals surface area contributed by atoms with E-state index in [2.05, 4.69) is 19.2 Å². The molecule has 3 nitrogen and oxygen atoms in total. The molecule has 0 bridgehead atoms. The van der Waals surface area contributed by atoms with Gasteiger partial charge in [-0.2, -0.15) is 0 Å². The molecule has 0 spiro atoms. The van der Waals surface area contributed by atoms with Gasteiger partial charge < -0.3 is 10.4 Å². The van der Waals surface area contributed by atoms with Crippen molar-refractivity contribution >= 4 is 5.91 Å². The number of hydrogen-bond donors (Lipinski definition) is 2. The summed E-state index contributed by atoms with van der Waals surface area (Å²) in [6.07, 6.45) is 8.81. The third-order valence-electron chi connectivity index (χ3n) is 4.70. The summed E-state index contributed by atoms with van der Waals surface area (Å²) in [5, 5.41) is 12.6.